The van der Waals surface area contributed by atoms with Crippen LogP contribution in [-0.4, -0.2) is 11.1 Å². The Morgan fingerprint density at radius 2 is 1.89 bits per heavy atom. The molecule has 0 fully saturated rings. The van der Waals surface area contributed by atoms with Gasteiger partial charge in [-0.1, -0.05) is 35.9 Å². The fourth-order valence-corrected chi connectivity index (χ4v) is 2.19. The molecule has 0 aliphatic rings. The van der Waals surface area contributed by atoms with E-state index in [0.29, 0.717) is 15.1 Å². The third-order valence-corrected chi connectivity index (χ3v) is 3.82. The van der Waals surface area contributed by atoms with Gasteiger partial charge < -0.3 is 10.4 Å². The average Bonchev–Trinajstić information content (AvgIpc) is 2.40. The lowest BCUT2D eigenvalue weighted by Gasteiger charge is -2.16. The molecule has 2 aromatic rings. The number of halogens is 2. The first-order valence-electron chi connectivity index (χ1n) is 5.57. The summed E-state index contributed by atoms with van der Waals surface area (Å²) >= 11 is 9.21. The molecule has 0 heterocycles. The molecule has 1 unspecified atom stereocenters. The number of benzene rings is 2. The van der Waals surface area contributed by atoms with Crippen LogP contribution in [0.15, 0.2) is 53.0 Å². The van der Waals surface area contributed by atoms with Crippen LogP contribution < -0.4 is 5.32 Å². The SMILES string of the molecule is O=C(O)C(Nc1ccccc1)c1ccc(Cl)c(Br)c1. The van der Waals surface area contributed by atoms with Gasteiger partial charge >= 0.3 is 5.97 Å². The number of nitrogens with one attached hydrogen (secondary N) is 1. The third-order valence-electron chi connectivity index (χ3n) is 2.61. The minimum Gasteiger partial charge on any atom is -0.479 e. The van der Waals surface area contributed by atoms with Crippen molar-refractivity contribution in [3.05, 3.63) is 63.6 Å². The molecule has 0 saturated carbocycles. The van der Waals surface area contributed by atoms with E-state index in [1.54, 1.807) is 18.2 Å². The molecular weight excluding hydrogens is 330 g/mol. The van der Waals surface area contributed by atoms with Gasteiger partial charge in [0.05, 0.1) is 5.02 Å². The van der Waals surface area contributed by atoms with Crippen molar-refractivity contribution in [3.63, 3.8) is 0 Å². The van der Waals surface area contributed by atoms with Crippen LogP contribution in [0, 0.1) is 0 Å². The van der Waals surface area contributed by atoms with Gasteiger partial charge in [-0.3, -0.25) is 0 Å². The van der Waals surface area contributed by atoms with Gasteiger partial charge in [0.25, 0.3) is 0 Å². The zero-order valence-electron chi connectivity index (χ0n) is 9.81. The second-order valence-corrected chi connectivity index (χ2v) is 5.22. The number of carboxylic acids is 1. The molecule has 2 rings (SSSR count). The largest absolute Gasteiger partial charge is 0.479 e. The highest BCUT2D eigenvalue weighted by Crippen LogP contribution is 2.28. The Bertz CT molecular complexity index is 589. The first-order valence-corrected chi connectivity index (χ1v) is 6.74. The molecule has 5 heteroatoms. The topological polar surface area (TPSA) is 49.3 Å². The molecule has 0 aromatic heterocycles. The maximum Gasteiger partial charge on any atom is 0.330 e. The second kappa shape index (κ2) is 6.08. The van der Waals surface area contributed by atoms with Gasteiger partial charge in [0, 0.05) is 10.2 Å². The number of hydrogen-bond donors (Lipinski definition) is 2. The quantitative estimate of drug-likeness (QED) is 0.870. The van der Waals surface area contributed by atoms with Crippen molar-refractivity contribution in [1.82, 2.24) is 0 Å². The van der Waals surface area contributed by atoms with Crippen LogP contribution in [0.25, 0.3) is 0 Å². The number of para-hydroxylation sites is 1. The molecule has 0 aliphatic carbocycles. The van der Waals surface area contributed by atoms with Crippen molar-refractivity contribution in [2.75, 3.05) is 5.32 Å². The molecule has 0 spiro atoms. The monoisotopic (exact) mass is 339 g/mol. The number of aliphatic carboxylic acids is 1. The number of carboxylic acid groups (broad SMARTS) is 1. The van der Waals surface area contributed by atoms with Crippen molar-refractivity contribution in [2.24, 2.45) is 0 Å². The molecule has 19 heavy (non-hydrogen) atoms. The average molecular weight is 341 g/mol. The molecule has 98 valence electrons. The lowest BCUT2D eigenvalue weighted by molar-refractivity contribution is -0.138. The molecule has 1 atom stereocenters. The van der Waals surface area contributed by atoms with E-state index in [0.717, 1.165) is 5.69 Å². The van der Waals surface area contributed by atoms with E-state index in [4.69, 9.17) is 11.6 Å². The number of hydrogen-bond acceptors (Lipinski definition) is 2. The van der Waals surface area contributed by atoms with E-state index in [1.165, 1.54) is 0 Å². The Labute approximate surface area is 124 Å². The molecule has 2 aromatic carbocycles. The van der Waals surface area contributed by atoms with Crippen LogP contribution in [0.5, 0.6) is 0 Å². The molecular formula is C14H11BrClNO2. The summed E-state index contributed by atoms with van der Waals surface area (Å²) in [6.45, 7) is 0. The fraction of sp³-hybridized carbons (Fsp3) is 0.0714. The van der Waals surface area contributed by atoms with E-state index < -0.39 is 12.0 Å². The van der Waals surface area contributed by atoms with Gasteiger partial charge in [0.15, 0.2) is 6.04 Å². The molecule has 0 aliphatic heterocycles. The lowest BCUT2D eigenvalue weighted by atomic mass is 10.1. The van der Waals surface area contributed by atoms with Crippen molar-refractivity contribution in [3.8, 4) is 0 Å². The summed E-state index contributed by atoms with van der Waals surface area (Å²) < 4.78 is 0.674. The van der Waals surface area contributed by atoms with Crippen LogP contribution >= 0.6 is 27.5 Å². The molecule has 0 amide bonds. The molecule has 0 bridgehead atoms. The summed E-state index contributed by atoms with van der Waals surface area (Å²) in [5.41, 5.74) is 1.38. The van der Waals surface area contributed by atoms with E-state index in [2.05, 4.69) is 21.2 Å². The summed E-state index contributed by atoms with van der Waals surface area (Å²) in [7, 11) is 0. The number of rotatable bonds is 4. The van der Waals surface area contributed by atoms with Gasteiger partial charge in [-0.25, -0.2) is 4.79 Å². The highest BCUT2D eigenvalue weighted by atomic mass is 79.9. The molecule has 0 radical (unpaired) electrons. The zero-order chi connectivity index (χ0) is 13.8. The second-order valence-electron chi connectivity index (χ2n) is 3.96. The smallest absolute Gasteiger partial charge is 0.330 e. The van der Waals surface area contributed by atoms with Crippen LogP contribution in [0.1, 0.15) is 11.6 Å². The summed E-state index contributed by atoms with van der Waals surface area (Å²) in [5.74, 6) is -0.946. The normalized spacial score (nSPS) is 11.9. The van der Waals surface area contributed by atoms with Crippen LogP contribution in [0.4, 0.5) is 5.69 Å². The summed E-state index contributed by atoms with van der Waals surface area (Å²) in [5, 5.41) is 12.9. The van der Waals surface area contributed by atoms with Gasteiger partial charge in [-0.2, -0.15) is 0 Å². The maximum absolute atomic E-state index is 11.4. The minimum atomic E-state index is -0.946. The van der Waals surface area contributed by atoms with Gasteiger partial charge in [-0.15, -0.1) is 0 Å². The van der Waals surface area contributed by atoms with Crippen molar-refractivity contribution >= 4 is 39.2 Å². The van der Waals surface area contributed by atoms with Crippen molar-refractivity contribution in [1.29, 1.82) is 0 Å². The summed E-state index contributed by atoms with van der Waals surface area (Å²) in [6, 6.07) is 13.5. The lowest BCUT2D eigenvalue weighted by Crippen LogP contribution is -2.20. The fourth-order valence-electron chi connectivity index (χ4n) is 1.68. The summed E-state index contributed by atoms with van der Waals surface area (Å²) in [6.07, 6.45) is 0. The zero-order valence-corrected chi connectivity index (χ0v) is 12.1. The first-order chi connectivity index (χ1) is 9.08. The highest BCUT2D eigenvalue weighted by Gasteiger charge is 2.20. The predicted octanol–water partition coefficient (Wildman–Crippen LogP) is 4.34. The Hall–Kier alpha value is -1.52. The Balaban J connectivity index is 2.30. The van der Waals surface area contributed by atoms with E-state index >= 15 is 0 Å². The Morgan fingerprint density at radius 3 is 2.47 bits per heavy atom. The summed E-state index contributed by atoms with van der Waals surface area (Å²) in [4.78, 5) is 11.4. The van der Waals surface area contributed by atoms with Crippen LogP contribution in [0.2, 0.25) is 5.02 Å². The predicted molar refractivity (Wildman–Crippen MR) is 79.6 cm³/mol. The van der Waals surface area contributed by atoms with Crippen molar-refractivity contribution in [2.45, 2.75) is 6.04 Å². The third kappa shape index (κ3) is 3.49. The van der Waals surface area contributed by atoms with Crippen LogP contribution in [-0.2, 0) is 4.79 Å². The number of anilines is 1. The van der Waals surface area contributed by atoms with E-state index in [-0.39, 0.29) is 0 Å². The van der Waals surface area contributed by atoms with E-state index in [1.807, 2.05) is 30.3 Å². The Morgan fingerprint density at radius 1 is 1.21 bits per heavy atom. The van der Waals surface area contributed by atoms with Crippen molar-refractivity contribution < 1.29 is 9.90 Å². The molecule has 2 N–H and O–H groups in total. The highest BCUT2D eigenvalue weighted by molar-refractivity contribution is 9.10. The van der Waals surface area contributed by atoms with Gasteiger partial charge in [0.2, 0.25) is 0 Å². The van der Waals surface area contributed by atoms with E-state index in [9.17, 15) is 9.90 Å². The Kier molecular flexibility index (Phi) is 4.45. The molecule has 3 nitrogen and oxygen atoms in total. The number of carbonyl (C=O) groups is 1. The minimum absolute atomic E-state index is 0.549. The maximum atomic E-state index is 11.4. The van der Waals surface area contributed by atoms with Gasteiger partial charge in [-0.05, 0) is 45.8 Å². The first kappa shape index (κ1) is 13.9. The van der Waals surface area contributed by atoms with Crippen LogP contribution in [0.3, 0.4) is 0 Å². The standard InChI is InChI=1S/C14H11BrClNO2/c15-11-8-9(6-7-12(11)16)13(14(18)19)17-10-4-2-1-3-5-10/h1-8,13,17H,(H,18,19). The van der Waals surface area contributed by atoms with Gasteiger partial charge in [0.1, 0.15) is 0 Å². The molecule has 0 saturated heterocycles.